The molecule has 1 atom stereocenters. The predicted octanol–water partition coefficient (Wildman–Crippen LogP) is -1.49. The summed E-state index contributed by atoms with van der Waals surface area (Å²) in [6.45, 7) is 0. The van der Waals surface area contributed by atoms with E-state index in [1.54, 1.807) is 0 Å². The zero-order chi connectivity index (χ0) is 12.1. The number of aliphatic carboxylic acids is 1. The van der Waals surface area contributed by atoms with Crippen molar-refractivity contribution in [3.63, 3.8) is 0 Å². The van der Waals surface area contributed by atoms with Crippen LogP contribution in [0.25, 0.3) is 0 Å². The summed E-state index contributed by atoms with van der Waals surface area (Å²) in [7, 11) is 0. The van der Waals surface area contributed by atoms with Gasteiger partial charge in [-0.05, 0) is 6.07 Å². The molecule has 0 saturated heterocycles. The van der Waals surface area contributed by atoms with Crippen molar-refractivity contribution >= 4 is 17.7 Å². The lowest BCUT2D eigenvalue weighted by Gasteiger charge is -2.08. The number of carbonyl (C=O) groups is 2. The van der Waals surface area contributed by atoms with Crippen LogP contribution in [0.2, 0.25) is 0 Å². The zero-order valence-electron chi connectivity index (χ0n) is 8.14. The molecule has 1 heterocycles. The average Bonchev–Trinajstić information content (AvgIpc) is 2.20. The van der Waals surface area contributed by atoms with Crippen LogP contribution in [0.4, 0.5) is 5.82 Å². The summed E-state index contributed by atoms with van der Waals surface area (Å²) >= 11 is 0. The number of rotatable bonds is 4. The van der Waals surface area contributed by atoms with E-state index in [2.05, 4.69) is 15.5 Å². The second-order valence-corrected chi connectivity index (χ2v) is 3.00. The van der Waals surface area contributed by atoms with E-state index in [9.17, 15) is 14.4 Å². The summed E-state index contributed by atoms with van der Waals surface area (Å²) in [5.74, 6) is -1.75. The number of amides is 1. The Morgan fingerprint density at radius 3 is 2.75 bits per heavy atom. The Bertz CT molecular complexity index is 435. The maximum atomic E-state index is 11.3. The van der Waals surface area contributed by atoms with Gasteiger partial charge in [-0.1, -0.05) is 0 Å². The number of nitrogens with two attached hydrogens (primary N) is 1. The third kappa shape index (κ3) is 3.50. The van der Waals surface area contributed by atoms with Crippen molar-refractivity contribution in [3.8, 4) is 0 Å². The van der Waals surface area contributed by atoms with Crippen LogP contribution in [0.3, 0.4) is 0 Å². The van der Waals surface area contributed by atoms with E-state index in [1.807, 2.05) is 0 Å². The van der Waals surface area contributed by atoms with Crippen molar-refractivity contribution in [2.24, 2.45) is 5.73 Å². The fourth-order valence-corrected chi connectivity index (χ4v) is 0.914. The lowest BCUT2D eigenvalue weighted by molar-refractivity contribution is -0.138. The summed E-state index contributed by atoms with van der Waals surface area (Å²) in [6, 6.07) is 1.29. The van der Waals surface area contributed by atoms with Gasteiger partial charge in [0, 0.05) is 6.07 Å². The quantitative estimate of drug-likeness (QED) is 0.493. The molecule has 1 aromatic rings. The summed E-state index contributed by atoms with van der Waals surface area (Å²) in [6.07, 6.45) is -0.477. The minimum Gasteiger partial charge on any atom is -0.481 e. The smallest absolute Gasteiger partial charge is 0.305 e. The van der Waals surface area contributed by atoms with Gasteiger partial charge in [-0.2, -0.15) is 5.10 Å². The molecule has 5 N–H and O–H groups in total. The molecule has 0 radical (unpaired) electrons. The first-order chi connectivity index (χ1) is 7.49. The Labute approximate surface area is 89.5 Å². The number of carboxylic acid groups (broad SMARTS) is 1. The molecule has 0 aliphatic heterocycles. The molecule has 16 heavy (non-hydrogen) atoms. The first-order valence-electron chi connectivity index (χ1n) is 4.33. The fraction of sp³-hybridized carbons (Fsp3) is 0.250. The van der Waals surface area contributed by atoms with E-state index in [4.69, 9.17) is 10.8 Å². The number of aromatic amines is 1. The van der Waals surface area contributed by atoms with Crippen LogP contribution in [0.15, 0.2) is 16.9 Å². The second-order valence-electron chi connectivity index (χ2n) is 3.00. The fourth-order valence-electron chi connectivity index (χ4n) is 0.914. The molecule has 0 aliphatic rings. The van der Waals surface area contributed by atoms with E-state index in [0.29, 0.717) is 0 Å². The molecule has 1 aromatic heterocycles. The number of hydrogen-bond acceptors (Lipinski definition) is 5. The number of carbonyl (C=O) groups excluding carboxylic acids is 1. The number of H-pyrrole nitrogens is 1. The second kappa shape index (κ2) is 5.03. The highest BCUT2D eigenvalue weighted by molar-refractivity contribution is 5.95. The van der Waals surface area contributed by atoms with Gasteiger partial charge in [0.25, 0.3) is 5.56 Å². The summed E-state index contributed by atoms with van der Waals surface area (Å²) in [4.78, 5) is 32.2. The molecule has 1 amide bonds. The summed E-state index contributed by atoms with van der Waals surface area (Å²) in [5, 5.41) is 16.3. The van der Waals surface area contributed by atoms with Gasteiger partial charge in [-0.25, -0.2) is 5.10 Å². The Balaban J connectivity index is 2.60. The van der Waals surface area contributed by atoms with Crippen molar-refractivity contribution in [1.29, 1.82) is 0 Å². The number of carboxylic acids is 1. The molecule has 8 heteroatoms. The van der Waals surface area contributed by atoms with Crippen molar-refractivity contribution in [1.82, 2.24) is 10.2 Å². The summed E-state index contributed by atoms with van der Waals surface area (Å²) in [5.41, 5.74) is 4.89. The first-order valence-corrected chi connectivity index (χ1v) is 4.33. The van der Waals surface area contributed by atoms with Crippen LogP contribution in [-0.2, 0) is 9.59 Å². The van der Waals surface area contributed by atoms with E-state index < -0.39 is 29.9 Å². The monoisotopic (exact) mass is 226 g/mol. The van der Waals surface area contributed by atoms with E-state index in [1.165, 1.54) is 12.1 Å². The van der Waals surface area contributed by atoms with Gasteiger partial charge in [0.15, 0.2) is 5.82 Å². The molecule has 0 aliphatic carbocycles. The van der Waals surface area contributed by atoms with E-state index in [0.717, 1.165) is 0 Å². The van der Waals surface area contributed by atoms with Gasteiger partial charge >= 0.3 is 5.97 Å². The van der Waals surface area contributed by atoms with Crippen LogP contribution in [0, 0.1) is 0 Å². The molecule has 0 saturated carbocycles. The molecule has 0 fully saturated rings. The number of nitrogens with zero attached hydrogens (tertiary/aromatic N) is 1. The third-order valence-corrected chi connectivity index (χ3v) is 1.66. The lowest BCUT2D eigenvalue weighted by Crippen LogP contribution is -2.37. The standard InChI is InChI=1S/C8H10N4O4/c9-4(3-7(14)15)8(16)10-5-1-2-6(13)12-11-5/h1-2,4H,3,9H2,(H,12,13)(H,14,15)(H,10,11,16). The van der Waals surface area contributed by atoms with Gasteiger partial charge in [0.2, 0.25) is 5.91 Å². The average molecular weight is 226 g/mol. The van der Waals surface area contributed by atoms with Gasteiger partial charge in [-0.3, -0.25) is 14.4 Å². The highest BCUT2D eigenvalue weighted by Crippen LogP contribution is 1.98. The minimum atomic E-state index is -1.17. The SMILES string of the molecule is NC(CC(=O)O)C(=O)Nc1ccc(=O)[nH]n1. The molecule has 8 nitrogen and oxygen atoms in total. The number of aromatic nitrogens is 2. The normalized spacial score (nSPS) is 11.8. The largest absolute Gasteiger partial charge is 0.481 e. The molecular weight excluding hydrogens is 216 g/mol. The van der Waals surface area contributed by atoms with Gasteiger partial charge < -0.3 is 16.2 Å². The zero-order valence-corrected chi connectivity index (χ0v) is 8.14. The molecule has 0 spiro atoms. The maximum absolute atomic E-state index is 11.3. The lowest BCUT2D eigenvalue weighted by atomic mass is 10.2. The predicted molar refractivity (Wildman–Crippen MR) is 53.7 cm³/mol. The summed E-state index contributed by atoms with van der Waals surface area (Å²) < 4.78 is 0. The van der Waals surface area contributed by atoms with E-state index >= 15 is 0 Å². The Morgan fingerprint density at radius 1 is 1.56 bits per heavy atom. The molecule has 0 aromatic carbocycles. The topological polar surface area (TPSA) is 138 Å². The van der Waals surface area contributed by atoms with Crippen molar-refractivity contribution < 1.29 is 14.7 Å². The highest BCUT2D eigenvalue weighted by atomic mass is 16.4. The number of anilines is 1. The molecule has 1 rings (SSSR count). The Morgan fingerprint density at radius 2 is 2.25 bits per heavy atom. The van der Waals surface area contributed by atoms with Crippen LogP contribution in [0.1, 0.15) is 6.42 Å². The highest BCUT2D eigenvalue weighted by Gasteiger charge is 2.17. The molecule has 0 bridgehead atoms. The van der Waals surface area contributed by atoms with Crippen LogP contribution in [0.5, 0.6) is 0 Å². The molecule has 1 unspecified atom stereocenters. The third-order valence-electron chi connectivity index (χ3n) is 1.66. The number of nitrogens with one attached hydrogen (secondary N) is 2. The number of hydrogen-bond donors (Lipinski definition) is 4. The first kappa shape index (κ1) is 11.9. The van der Waals surface area contributed by atoms with Crippen LogP contribution < -0.4 is 16.6 Å². The van der Waals surface area contributed by atoms with Crippen LogP contribution in [-0.4, -0.2) is 33.2 Å². The van der Waals surface area contributed by atoms with Crippen molar-refractivity contribution in [2.45, 2.75) is 12.5 Å². The van der Waals surface area contributed by atoms with Crippen molar-refractivity contribution in [3.05, 3.63) is 22.5 Å². The van der Waals surface area contributed by atoms with Gasteiger partial charge in [-0.15, -0.1) is 0 Å². The van der Waals surface area contributed by atoms with Gasteiger partial charge in [0.05, 0.1) is 12.5 Å². The Hall–Kier alpha value is -2.22. The van der Waals surface area contributed by atoms with Crippen LogP contribution >= 0.6 is 0 Å². The van der Waals surface area contributed by atoms with Crippen molar-refractivity contribution in [2.75, 3.05) is 5.32 Å². The van der Waals surface area contributed by atoms with E-state index in [-0.39, 0.29) is 5.82 Å². The minimum absolute atomic E-state index is 0.102. The maximum Gasteiger partial charge on any atom is 0.305 e. The Kier molecular flexibility index (Phi) is 3.72. The molecular formula is C8H10N4O4. The molecule has 86 valence electrons. The van der Waals surface area contributed by atoms with Gasteiger partial charge in [0.1, 0.15) is 0 Å².